The third-order valence-electron chi connectivity index (χ3n) is 5.71. The maximum Gasteiger partial charge on any atom is 0.274 e. The summed E-state index contributed by atoms with van der Waals surface area (Å²) in [6, 6.07) is 7.30. The average Bonchev–Trinajstić information content (AvgIpc) is 2.69. The molecule has 0 unspecified atom stereocenters. The molecule has 1 aliphatic rings. The van der Waals surface area contributed by atoms with Crippen LogP contribution in [0.4, 0.5) is 0 Å². The Bertz CT molecular complexity index is 892. The van der Waals surface area contributed by atoms with Crippen LogP contribution in [0.25, 0.3) is 10.8 Å². The third kappa shape index (κ3) is 5.44. The summed E-state index contributed by atoms with van der Waals surface area (Å²) in [5, 5.41) is 8.75. The van der Waals surface area contributed by atoms with Crippen molar-refractivity contribution < 1.29 is 4.79 Å². The number of benzene rings is 1. The number of piperidine rings is 1. The fourth-order valence-corrected chi connectivity index (χ4v) is 4.24. The molecule has 1 aromatic heterocycles. The first-order chi connectivity index (χ1) is 14.0. The SMILES string of the molecule is CCCCCn1nc(C(=O)N[C@@H](C)CN2CCC[C@@H](C)C2)c2ccccc2c1=O. The number of nitrogens with one attached hydrogen (secondary N) is 1. The zero-order valence-corrected chi connectivity index (χ0v) is 18.0. The largest absolute Gasteiger partial charge is 0.347 e. The summed E-state index contributed by atoms with van der Waals surface area (Å²) in [4.78, 5) is 28.3. The molecule has 0 aliphatic carbocycles. The maximum absolute atomic E-state index is 13.1. The predicted molar refractivity (Wildman–Crippen MR) is 117 cm³/mol. The molecule has 1 saturated heterocycles. The molecule has 1 N–H and O–H groups in total. The number of rotatable bonds is 8. The molecule has 2 atom stereocenters. The zero-order chi connectivity index (χ0) is 20.8. The molecule has 29 heavy (non-hydrogen) atoms. The number of unbranched alkanes of at least 4 members (excludes halogenated alkanes) is 2. The van der Waals surface area contributed by atoms with Crippen molar-refractivity contribution in [1.29, 1.82) is 0 Å². The number of hydrogen-bond acceptors (Lipinski definition) is 4. The highest BCUT2D eigenvalue weighted by Gasteiger charge is 2.21. The number of likely N-dealkylation sites (tertiary alicyclic amines) is 1. The van der Waals surface area contributed by atoms with Crippen LogP contribution in [0, 0.1) is 5.92 Å². The summed E-state index contributed by atoms with van der Waals surface area (Å²) in [7, 11) is 0. The zero-order valence-electron chi connectivity index (χ0n) is 18.0. The van der Waals surface area contributed by atoms with E-state index in [0.717, 1.165) is 38.9 Å². The molecule has 0 radical (unpaired) electrons. The Morgan fingerprint density at radius 1 is 1.28 bits per heavy atom. The second-order valence-corrected chi connectivity index (χ2v) is 8.51. The minimum Gasteiger partial charge on any atom is -0.347 e. The van der Waals surface area contributed by atoms with Gasteiger partial charge in [-0.25, -0.2) is 4.68 Å². The fourth-order valence-electron chi connectivity index (χ4n) is 4.24. The Balaban J connectivity index is 1.78. The number of carbonyl (C=O) groups is 1. The van der Waals surface area contributed by atoms with Crippen molar-refractivity contribution in [2.24, 2.45) is 5.92 Å². The second-order valence-electron chi connectivity index (χ2n) is 8.51. The van der Waals surface area contributed by atoms with Crippen LogP contribution in [0.3, 0.4) is 0 Å². The van der Waals surface area contributed by atoms with Gasteiger partial charge in [0.15, 0.2) is 5.69 Å². The average molecular weight is 399 g/mol. The molecule has 3 rings (SSSR count). The quantitative estimate of drug-likeness (QED) is 0.692. The van der Waals surface area contributed by atoms with Crippen molar-refractivity contribution >= 4 is 16.7 Å². The molecule has 1 aromatic carbocycles. The van der Waals surface area contributed by atoms with Crippen molar-refractivity contribution in [2.75, 3.05) is 19.6 Å². The van der Waals surface area contributed by atoms with Gasteiger partial charge in [0.05, 0.1) is 5.39 Å². The lowest BCUT2D eigenvalue weighted by Gasteiger charge is -2.32. The van der Waals surface area contributed by atoms with E-state index in [1.807, 2.05) is 25.1 Å². The molecule has 0 spiro atoms. The van der Waals surface area contributed by atoms with Crippen LogP contribution in [0.5, 0.6) is 0 Å². The van der Waals surface area contributed by atoms with Gasteiger partial charge in [-0.05, 0) is 44.7 Å². The minimum absolute atomic E-state index is 0.0221. The van der Waals surface area contributed by atoms with Gasteiger partial charge >= 0.3 is 0 Å². The van der Waals surface area contributed by atoms with Gasteiger partial charge < -0.3 is 10.2 Å². The third-order valence-corrected chi connectivity index (χ3v) is 5.71. The molecule has 1 amide bonds. The lowest BCUT2D eigenvalue weighted by Crippen LogP contribution is -2.45. The van der Waals surface area contributed by atoms with Gasteiger partial charge in [0.1, 0.15) is 0 Å². The van der Waals surface area contributed by atoms with E-state index < -0.39 is 0 Å². The molecule has 6 nitrogen and oxygen atoms in total. The van der Waals surface area contributed by atoms with E-state index in [1.54, 1.807) is 6.07 Å². The topological polar surface area (TPSA) is 67.2 Å². The normalized spacial score (nSPS) is 18.7. The Hall–Kier alpha value is -2.21. The van der Waals surface area contributed by atoms with E-state index >= 15 is 0 Å². The Morgan fingerprint density at radius 3 is 2.76 bits per heavy atom. The van der Waals surface area contributed by atoms with E-state index in [4.69, 9.17) is 0 Å². The molecule has 1 aliphatic heterocycles. The number of carbonyl (C=O) groups excluding carboxylic acids is 1. The highest BCUT2D eigenvalue weighted by atomic mass is 16.2. The first kappa shape index (κ1) is 21.5. The van der Waals surface area contributed by atoms with E-state index in [-0.39, 0.29) is 17.5 Å². The molecule has 0 bridgehead atoms. The van der Waals surface area contributed by atoms with E-state index in [1.165, 1.54) is 17.5 Å². The number of fused-ring (bicyclic) bond motifs is 1. The Morgan fingerprint density at radius 2 is 2.03 bits per heavy atom. The number of aryl methyl sites for hydroxylation is 1. The summed E-state index contributed by atoms with van der Waals surface area (Å²) in [6.07, 6.45) is 5.49. The van der Waals surface area contributed by atoms with Gasteiger partial charge in [0, 0.05) is 31.1 Å². The van der Waals surface area contributed by atoms with E-state index in [2.05, 4.69) is 29.2 Å². The van der Waals surface area contributed by atoms with Gasteiger partial charge in [-0.1, -0.05) is 44.9 Å². The van der Waals surface area contributed by atoms with E-state index in [0.29, 0.717) is 28.9 Å². The summed E-state index contributed by atoms with van der Waals surface area (Å²) in [5.41, 5.74) is 0.221. The fraction of sp³-hybridized carbons (Fsp3) is 0.609. The number of aromatic nitrogens is 2. The van der Waals surface area contributed by atoms with Crippen LogP contribution in [-0.2, 0) is 6.54 Å². The highest BCUT2D eigenvalue weighted by Crippen LogP contribution is 2.16. The van der Waals surface area contributed by atoms with Gasteiger partial charge in [-0.2, -0.15) is 5.10 Å². The maximum atomic E-state index is 13.1. The summed E-state index contributed by atoms with van der Waals surface area (Å²) in [6.45, 7) is 10.0. The van der Waals surface area contributed by atoms with Crippen molar-refractivity contribution in [3.63, 3.8) is 0 Å². The number of hydrogen-bond donors (Lipinski definition) is 1. The van der Waals surface area contributed by atoms with Crippen molar-refractivity contribution in [3.05, 3.63) is 40.3 Å². The van der Waals surface area contributed by atoms with Gasteiger partial charge in [0.2, 0.25) is 0 Å². The van der Waals surface area contributed by atoms with E-state index in [9.17, 15) is 9.59 Å². The summed E-state index contributed by atoms with van der Waals surface area (Å²) in [5.74, 6) is 0.506. The molecule has 1 fully saturated rings. The Kier molecular flexibility index (Phi) is 7.42. The second kappa shape index (κ2) is 10.0. The van der Waals surface area contributed by atoms with Gasteiger partial charge in [-0.3, -0.25) is 9.59 Å². The molecule has 6 heteroatoms. The smallest absolute Gasteiger partial charge is 0.274 e. The lowest BCUT2D eigenvalue weighted by molar-refractivity contribution is 0.0914. The molecule has 2 heterocycles. The van der Waals surface area contributed by atoms with Crippen molar-refractivity contribution in [2.45, 2.75) is 65.5 Å². The van der Waals surface area contributed by atoms with Crippen LogP contribution in [-0.4, -0.2) is 46.3 Å². The first-order valence-electron chi connectivity index (χ1n) is 11.0. The predicted octanol–water partition coefficient (Wildman–Crippen LogP) is 3.44. The summed E-state index contributed by atoms with van der Waals surface area (Å²) < 4.78 is 1.46. The van der Waals surface area contributed by atoms with Gasteiger partial charge in [0.25, 0.3) is 11.5 Å². The summed E-state index contributed by atoms with van der Waals surface area (Å²) >= 11 is 0. The van der Waals surface area contributed by atoms with Crippen molar-refractivity contribution in [3.8, 4) is 0 Å². The molecule has 0 saturated carbocycles. The number of amides is 1. The minimum atomic E-state index is -0.206. The van der Waals surface area contributed by atoms with Crippen LogP contribution >= 0.6 is 0 Å². The van der Waals surface area contributed by atoms with Crippen LogP contribution in [0.2, 0.25) is 0 Å². The van der Waals surface area contributed by atoms with Crippen LogP contribution in [0.15, 0.2) is 29.1 Å². The number of nitrogens with zero attached hydrogens (tertiary/aromatic N) is 3. The Labute approximate surface area is 173 Å². The molecular weight excluding hydrogens is 364 g/mol. The van der Waals surface area contributed by atoms with Crippen molar-refractivity contribution in [1.82, 2.24) is 20.0 Å². The van der Waals surface area contributed by atoms with Crippen LogP contribution < -0.4 is 10.9 Å². The van der Waals surface area contributed by atoms with Gasteiger partial charge in [-0.15, -0.1) is 0 Å². The monoisotopic (exact) mass is 398 g/mol. The molecular formula is C23H34N4O2. The standard InChI is InChI=1S/C23H34N4O2/c1-4-5-8-14-27-23(29)20-12-7-6-11-19(20)21(25-27)22(28)24-18(3)16-26-13-9-10-17(2)15-26/h6-7,11-12,17-18H,4-5,8-10,13-16H2,1-3H3,(H,24,28)/t17-,18+/m1/s1. The van der Waals surface area contributed by atoms with Crippen LogP contribution in [0.1, 0.15) is 63.4 Å². The lowest BCUT2D eigenvalue weighted by atomic mass is 10.00. The molecule has 158 valence electrons. The first-order valence-corrected chi connectivity index (χ1v) is 11.0. The highest BCUT2D eigenvalue weighted by molar-refractivity contribution is 6.04. The molecule has 2 aromatic rings.